The van der Waals surface area contributed by atoms with E-state index in [4.69, 9.17) is 10.2 Å². The molecule has 0 atom stereocenters. The molecule has 0 radical (unpaired) electrons. The van der Waals surface area contributed by atoms with E-state index in [2.05, 4.69) is 12.6 Å². The molecule has 0 aliphatic carbocycles. The van der Waals surface area contributed by atoms with Crippen LogP contribution in [0.5, 0.6) is 0 Å². The van der Waals surface area contributed by atoms with Gasteiger partial charge in [-0.3, -0.25) is 0 Å². The molecule has 86 valence electrons. The van der Waals surface area contributed by atoms with Gasteiger partial charge in [0.05, 0.1) is 11.1 Å². The molecule has 0 unspecified atom stereocenters. The summed E-state index contributed by atoms with van der Waals surface area (Å²) in [7, 11) is 0. The molecule has 7 heteroatoms. The zero-order valence-electron chi connectivity index (χ0n) is 9.97. The maximum Gasteiger partial charge on any atom is 1.00 e. The van der Waals surface area contributed by atoms with Crippen molar-refractivity contribution >= 4 is 24.6 Å². The number of benzene rings is 1. The largest absolute Gasteiger partial charge is 1.00 e. The number of hydrogen-bond donors (Lipinski definition) is 3. The Labute approximate surface area is 142 Å². The first-order valence-electron chi connectivity index (χ1n) is 3.62. The molecule has 0 aliphatic rings. The summed E-state index contributed by atoms with van der Waals surface area (Å²) in [6, 6.07) is 5.20. The van der Waals surface area contributed by atoms with Gasteiger partial charge in [-0.1, -0.05) is 6.07 Å². The fourth-order valence-electron chi connectivity index (χ4n) is 0.785. The smallest absolute Gasteiger partial charge is 1.00 e. The van der Waals surface area contributed by atoms with Gasteiger partial charge in [0.2, 0.25) is 0 Å². The molecule has 1 rings (SSSR count). The van der Waals surface area contributed by atoms with Gasteiger partial charge in [0, 0.05) is 0 Å². The van der Waals surface area contributed by atoms with Crippen LogP contribution in [0.2, 0.25) is 0 Å². The molecular formula is C9H13KO5S. The minimum atomic E-state index is -1.13. The molecular weight excluding hydrogens is 259 g/mol. The molecule has 4 N–H and O–H groups in total. The Kier molecular flexibility index (Phi) is 15.5. The second-order valence-electron chi connectivity index (χ2n) is 2.19. The van der Waals surface area contributed by atoms with E-state index in [0.717, 1.165) is 6.07 Å². The summed E-state index contributed by atoms with van der Waals surface area (Å²) < 4.78 is 0. The molecule has 0 saturated heterocycles. The van der Waals surface area contributed by atoms with E-state index in [1.54, 1.807) is 6.26 Å². The van der Waals surface area contributed by atoms with Crippen molar-refractivity contribution in [2.75, 3.05) is 6.26 Å². The van der Waals surface area contributed by atoms with E-state index in [0.29, 0.717) is 0 Å². The fourth-order valence-corrected chi connectivity index (χ4v) is 0.785. The Morgan fingerprint density at radius 1 is 1.12 bits per heavy atom. The molecule has 0 aromatic heterocycles. The number of carboxylic acid groups (broad SMARTS) is 2. The minimum Gasteiger partial charge on any atom is -1.00 e. The van der Waals surface area contributed by atoms with E-state index in [1.807, 2.05) is 0 Å². The summed E-state index contributed by atoms with van der Waals surface area (Å²) in [4.78, 5) is 20.8. The molecule has 0 aliphatic heterocycles. The second-order valence-corrected chi connectivity index (χ2v) is 2.19. The van der Waals surface area contributed by atoms with Crippen LogP contribution in [-0.2, 0) is 0 Å². The van der Waals surface area contributed by atoms with Gasteiger partial charge in [0.25, 0.3) is 0 Å². The predicted octanol–water partition coefficient (Wildman–Crippen LogP) is -2.08. The van der Waals surface area contributed by atoms with Crippen molar-refractivity contribution in [1.29, 1.82) is 0 Å². The van der Waals surface area contributed by atoms with Crippen LogP contribution in [0, 0.1) is 0 Å². The molecule has 16 heavy (non-hydrogen) atoms. The van der Waals surface area contributed by atoms with Crippen LogP contribution < -0.4 is 51.4 Å². The maximum atomic E-state index is 10.4. The van der Waals surface area contributed by atoms with Gasteiger partial charge in [-0.05, 0) is 24.5 Å². The first-order valence-corrected chi connectivity index (χ1v) is 4.52. The Hall–Kier alpha value is 0.106. The number of carboxylic acids is 2. The van der Waals surface area contributed by atoms with Crippen molar-refractivity contribution in [3.63, 3.8) is 0 Å². The van der Waals surface area contributed by atoms with Crippen molar-refractivity contribution < 1.29 is 78.1 Å². The third-order valence-corrected chi connectivity index (χ3v) is 1.36. The van der Waals surface area contributed by atoms with E-state index in [1.165, 1.54) is 18.2 Å². The molecule has 0 saturated carbocycles. The maximum absolute atomic E-state index is 10.4. The first kappa shape index (κ1) is 21.4. The molecule has 1 aromatic carbocycles. The van der Waals surface area contributed by atoms with Crippen LogP contribution in [0.4, 0.5) is 0 Å². The van der Waals surface area contributed by atoms with Crippen molar-refractivity contribution in [1.82, 2.24) is 0 Å². The van der Waals surface area contributed by atoms with Crippen LogP contribution >= 0.6 is 12.6 Å². The Morgan fingerprint density at radius 2 is 1.44 bits per heavy atom. The van der Waals surface area contributed by atoms with Gasteiger partial charge in [0.1, 0.15) is 0 Å². The second kappa shape index (κ2) is 11.6. The van der Waals surface area contributed by atoms with E-state index >= 15 is 0 Å². The summed E-state index contributed by atoms with van der Waals surface area (Å²) in [6.45, 7) is 0. The topological polar surface area (TPSA) is 106 Å². The van der Waals surface area contributed by atoms with E-state index in [-0.39, 0.29) is 69.4 Å². The number of rotatable bonds is 2. The molecule has 0 fully saturated rings. The van der Waals surface area contributed by atoms with Crippen molar-refractivity contribution in [3.05, 3.63) is 35.4 Å². The molecule has 0 heterocycles. The normalized spacial score (nSPS) is 7.38. The zero-order chi connectivity index (χ0) is 11.1. The standard InChI is InChI=1S/C8H6O4.CH4S.K.H2O.H/c9-7(10)5-2-1-3-6(4-5)8(11)12;1-2;;;/h1-4H,(H,9,10)(H,11,12);2H,1H3;;1H2;/q;;+1;;-1. The number of thiol groups is 1. The number of aromatic carboxylic acids is 2. The van der Waals surface area contributed by atoms with Crippen molar-refractivity contribution in [3.8, 4) is 0 Å². The summed E-state index contributed by atoms with van der Waals surface area (Å²) >= 11 is 3.53. The number of hydrogen-bond acceptors (Lipinski definition) is 3. The quantitative estimate of drug-likeness (QED) is 0.424. The first-order chi connectivity index (χ1) is 6.61. The van der Waals surface area contributed by atoms with E-state index in [9.17, 15) is 9.59 Å². The van der Waals surface area contributed by atoms with Gasteiger partial charge < -0.3 is 17.1 Å². The van der Waals surface area contributed by atoms with Crippen LogP contribution in [-0.4, -0.2) is 33.9 Å². The SMILES string of the molecule is CS.O.O=C(O)c1cccc(C(=O)O)c1.[H-].[K+]. The molecule has 1 aromatic rings. The van der Waals surface area contributed by atoms with E-state index < -0.39 is 11.9 Å². The molecule has 0 amide bonds. The summed E-state index contributed by atoms with van der Waals surface area (Å²) in [5, 5.41) is 17.0. The minimum absolute atomic E-state index is 0. The third-order valence-electron chi connectivity index (χ3n) is 1.36. The van der Waals surface area contributed by atoms with Crippen LogP contribution in [0.15, 0.2) is 24.3 Å². The average Bonchev–Trinajstić information content (AvgIpc) is 2.21. The predicted molar refractivity (Wildman–Crippen MR) is 60.0 cm³/mol. The number of carbonyl (C=O) groups is 2. The third kappa shape index (κ3) is 7.39. The van der Waals surface area contributed by atoms with Gasteiger partial charge in [0.15, 0.2) is 0 Å². The average molecular weight is 272 g/mol. The summed E-state index contributed by atoms with van der Waals surface area (Å²) in [6.07, 6.45) is 1.69. The molecule has 0 bridgehead atoms. The van der Waals surface area contributed by atoms with Crippen LogP contribution in [0.1, 0.15) is 22.1 Å². The van der Waals surface area contributed by atoms with Crippen LogP contribution in [0.3, 0.4) is 0 Å². The monoisotopic (exact) mass is 272 g/mol. The Bertz CT molecular complexity index is 319. The Morgan fingerprint density at radius 3 is 1.69 bits per heavy atom. The molecule has 0 spiro atoms. The van der Waals surface area contributed by atoms with Crippen molar-refractivity contribution in [2.45, 2.75) is 0 Å². The van der Waals surface area contributed by atoms with Gasteiger partial charge in [-0.2, -0.15) is 12.6 Å². The summed E-state index contributed by atoms with van der Waals surface area (Å²) in [5.74, 6) is -2.25. The van der Waals surface area contributed by atoms with Crippen LogP contribution in [0.25, 0.3) is 0 Å². The van der Waals surface area contributed by atoms with Gasteiger partial charge in [-0.15, -0.1) is 0 Å². The van der Waals surface area contributed by atoms with Crippen molar-refractivity contribution in [2.24, 2.45) is 0 Å². The van der Waals surface area contributed by atoms with Gasteiger partial charge >= 0.3 is 63.3 Å². The Balaban J connectivity index is -0.000000160. The van der Waals surface area contributed by atoms with Gasteiger partial charge in [-0.25, -0.2) is 9.59 Å². The fraction of sp³-hybridized carbons (Fsp3) is 0.111. The summed E-state index contributed by atoms with van der Waals surface area (Å²) in [5.41, 5.74) is -0.0372. The molecule has 5 nitrogen and oxygen atoms in total. The zero-order valence-corrected chi connectivity index (χ0v) is 13.0.